The van der Waals surface area contributed by atoms with Gasteiger partial charge in [-0.05, 0) is 159 Å². The minimum absolute atomic E-state index is 0.113. The lowest BCUT2D eigenvalue weighted by Gasteiger charge is -2.24. The maximum Gasteiger partial charge on any atom is 0.136 e. The minimum Gasteiger partial charge on any atom is -0.456 e. The Bertz CT molecular complexity index is 3630. The van der Waals surface area contributed by atoms with Crippen molar-refractivity contribution in [2.45, 2.75) is 38.5 Å². The molecule has 1 heteroatoms. The summed E-state index contributed by atoms with van der Waals surface area (Å²) in [5, 5.41) is 9.95. The van der Waals surface area contributed by atoms with Crippen LogP contribution in [0.2, 0.25) is 0 Å². The van der Waals surface area contributed by atoms with Crippen LogP contribution in [-0.4, -0.2) is 0 Å². The Morgan fingerprint density at radius 1 is 0.295 bits per heavy atom. The zero-order valence-electron chi connectivity index (χ0n) is 34.7. The van der Waals surface area contributed by atoms with Gasteiger partial charge < -0.3 is 4.42 Å². The summed E-state index contributed by atoms with van der Waals surface area (Å²) in [7, 11) is 0. The summed E-state index contributed by atoms with van der Waals surface area (Å²) in [4.78, 5) is 0. The molecule has 61 heavy (non-hydrogen) atoms. The van der Waals surface area contributed by atoms with Crippen LogP contribution >= 0.6 is 0 Å². The Kier molecular flexibility index (Phi) is 6.91. The molecular formula is C60H42O. The van der Waals surface area contributed by atoms with Crippen molar-refractivity contribution in [2.75, 3.05) is 0 Å². The molecule has 11 aromatic rings. The van der Waals surface area contributed by atoms with Crippen LogP contribution in [0.5, 0.6) is 0 Å². The minimum atomic E-state index is -0.181. The molecule has 10 aromatic carbocycles. The fourth-order valence-corrected chi connectivity index (χ4v) is 11.3. The van der Waals surface area contributed by atoms with Crippen LogP contribution in [0.25, 0.3) is 110 Å². The van der Waals surface area contributed by atoms with E-state index >= 15 is 0 Å². The summed E-state index contributed by atoms with van der Waals surface area (Å²) in [5.74, 6) is 0. The van der Waals surface area contributed by atoms with Crippen LogP contribution in [0.1, 0.15) is 49.9 Å². The van der Waals surface area contributed by atoms with Crippen molar-refractivity contribution in [3.8, 4) is 55.6 Å². The molecule has 0 radical (unpaired) electrons. The number of fused-ring (bicyclic) bond motifs is 12. The maximum absolute atomic E-state index is 6.30. The van der Waals surface area contributed by atoms with Crippen LogP contribution in [0.4, 0.5) is 0 Å². The highest BCUT2D eigenvalue weighted by Gasteiger charge is 2.38. The lowest BCUT2D eigenvalue weighted by Crippen LogP contribution is -2.15. The molecule has 0 saturated heterocycles. The molecule has 0 fully saturated rings. The van der Waals surface area contributed by atoms with Gasteiger partial charge in [0.2, 0.25) is 0 Å². The number of para-hydroxylation sites is 1. The average molecular weight is 779 g/mol. The summed E-state index contributed by atoms with van der Waals surface area (Å²) in [5.41, 5.74) is 20.1. The third-order valence-electron chi connectivity index (χ3n) is 14.4. The van der Waals surface area contributed by atoms with Gasteiger partial charge in [-0.2, -0.15) is 0 Å². The van der Waals surface area contributed by atoms with Crippen LogP contribution in [0.3, 0.4) is 0 Å². The second-order valence-corrected chi connectivity index (χ2v) is 18.4. The van der Waals surface area contributed by atoms with E-state index in [1.165, 1.54) is 121 Å². The smallest absolute Gasteiger partial charge is 0.136 e. The van der Waals surface area contributed by atoms with E-state index < -0.39 is 0 Å². The van der Waals surface area contributed by atoms with E-state index in [0.717, 1.165) is 11.2 Å². The highest BCUT2D eigenvalue weighted by Crippen LogP contribution is 2.54. The zero-order chi connectivity index (χ0) is 40.8. The van der Waals surface area contributed by atoms with E-state index in [-0.39, 0.29) is 10.8 Å². The number of furan rings is 1. The van der Waals surface area contributed by atoms with Crippen LogP contribution in [-0.2, 0) is 10.8 Å². The monoisotopic (exact) mass is 778 g/mol. The van der Waals surface area contributed by atoms with Crippen LogP contribution in [0, 0.1) is 0 Å². The maximum atomic E-state index is 6.30. The predicted octanol–water partition coefficient (Wildman–Crippen LogP) is 16.7. The molecule has 1 heterocycles. The van der Waals surface area contributed by atoms with Crippen LogP contribution in [0.15, 0.2) is 186 Å². The molecule has 2 aliphatic carbocycles. The molecule has 2 aliphatic rings. The molecular weight excluding hydrogens is 737 g/mol. The average Bonchev–Trinajstić information content (AvgIpc) is 3.84. The molecule has 288 valence electrons. The first-order valence-corrected chi connectivity index (χ1v) is 21.6. The molecule has 0 amide bonds. The summed E-state index contributed by atoms with van der Waals surface area (Å²) < 4.78 is 6.30. The van der Waals surface area contributed by atoms with Gasteiger partial charge >= 0.3 is 0 Å². The quantitative estimate of drug-likeness (QED) is 0.163. The predicted molar refractivity (Wildman–Crippen MR) is 258 cm³/mol. The molecule has 0 saturated carbocycles. The van der Waals surface area contributed by atoms with Gasteiger partial charge in [0, 0.05) is 21.6 Å². The van der Waals surface area contributed by atoms with Gasteiger partial charge in [-0.15, -0.1) is 0 Å². The van der Waals surface area contributed by atoms with Crippen molar-refractivity contribution < 1.29 is 4.42 Å². The highest BCUT2D eigenvalue weighted by atomic mass is 16.3. The Hall–Kier alpha value is -7.22. The summed E-state index contributed by atoms with van der Waals surface area (Å²) in [6.07, 6.45) is 0. The van der Waals surface area contributed by atoms with Crippen molar-refractivity contribution in [3.05, 3.63) is 204 Å². The van der Waals surface area contributed by atoms with Gasteiger partial charge in [0.1, 0.15) is 11.2 Å². The van der Waals surface area contributed by atoms with Gasteiger partial charge in [0.05, 0.1) is 0 Å². The summed E-state index contributed by atoms with van der Waals surface area (Å²) in [6, 6.07) is 68.1. The SMILES string of the molecule is CC1(C)c2cc(-c3ccc4c(c3)-c3cc5cc6c(cc5cc3C4(C)C)oc3ccccc36)ccc2-c2ccc(-c3c4ccccc4c(-c4ccccc4)c4ccccc34)cc21. The van der Waals surface area contributed by atoms with E-state index in [2.05, 4.69) is 204 Å². The fourth-order valence-electron chi connectivity index (χ4n) is 11.3. The second-order valence-electron chi connectivity index (χ2n) is 18.4. The topological polar surface area (TPSA) is 13.1 Å². The van der Waals surface area contributed by atoms with Crippen molar-refractivity contribution in [1.29, 1.82) is 0 Å². The largest absolute Gasteiger partial charge is 0.456 e. The molecule has 0 N–H and O–H groups in total. The molecule has 0 unspecified atom stereocenters. The molecule has 1 aromatic heterocycles. The summed E-state index contributed by atoms with van der Waals surface area (Å²) >= 11 is 0. The first kappa shape index (κ1) is 34.6. The Morgan fingerprint density at radius 2 is 0.787 bits per heavy atom. The number of hydrogen-bond acceptors (Lipinski definition) is 1. The van der Waals surface area contributed by atoms with E-state index in [1.807, 2.05) is 6.07 Å². The number of benzene rings is 10. The van der Waals surface area contributed by atoms with Crippen molar-refractivity contribution in [3.63, 3.8) is 0 Å². The standard InChI is InChI=1S/C60H42O/c1-59(2)51-27-24-36(28-48(51)49-29-39-30-50-43-16-12-13-21-55(43)61-56(50)34-40(39)33-54(49)59)37-22-25-41-42-26-23-38(32-53(42)60(3,4)52(41)31-37)58-46-19-10-8-17-44(46)57(35-14-6-5-7-15-35)45-18-9-11-20-47(45)58/h5-34H,1-4H3. The van der Waals surface area contributed by atoms with E-state index in [1.54, 1.807) is 0 Å². The van der Waals surface area contributed by atoms with Crippen molar-refractivity contribution in [1.82, 2.24) is 0 Å². The fraction of sp³-hybridized carbons (Fsp3) is 0.100. The lowest BCUT2D eigenvalue weighted by atomic mass is 9.79. The number of hydrogen-bond donors (Lipinski definition) is 0. The van der Waals surface area contributed by atoms with Crippen LogP contribution < -0.4 is 0 Å². The van der Waals surface area contributed by atoms with Gasteiger partial charge in [0.25, 0.3) is 0 Å². The number of rotatable bonds is 3. The molecule has 0 bridgehead atoms. The van der Waals surface area contributed by atoms with Crippen molar-refractivity contribution >= 4 is 54.3 Å². The lowest BCUT2D eigenvalue weighted by molar-refractivity contribution is 0.660. The normalized spacial score (nSPS) is 14.5. The molecule has 0 atom stereocenters. The molecule has 1 nitrogen and oxygen atoms in total. The Morgan fingerprint density at radius 3 is 1.48 bits per heavy atom. The molecule has 0 spiro atoms. The van der Waals surface area contributed by atoms with Gasteiger partial charge in [-0.1, -0.05) is 161 Å². The van der Waals surface area contributed by atoms with Crippen molar-refractivity contribution in [2.24, 2.45) is 0 Å². The van der Waals surface area contributed by atoms with Gasteiger partial charge in [-0.3, -0.25) is 0 Å². The van der Waals surface area contributed by atoms with E-state index in [0.29, 0.717) is 0 Å². The van der Waals surface area contributed by atoms with Gasteiger partial charge in [-0.25, -0.2) is 0 Å². The Labute approximate surface area is 355 Å². The third kappa shape index (κ3) is 4.78. The second kappa shape index (κ2) is 12.2. The van der Waals surface area contributed by atoms with Gasteiger partial charge in [0.15, 0.2) is 0 Å². The molecule has 13 rings (SSSR count). The van der Waals surface area contributed by atoms with E-state index in [9.17, 15) is 0 Å². The third-order valence-corrected chi connectivity index (χ3v) is 14.4. The Balaban J connectivity index is 0.919. The molecule has 0 aliphatic heterocycles. The zero-order valence-corrected chi connectivity index (χ0v) is 34.7. The highest BCUT2D eigenvalue weighted by molar-refractivity contribution is 6.21. The first-order valence-electron chi connectivity index (χ1n) is 21.6. The first-order chi connectivity index (χ1) is 29.7. The summed E-state index contributed by atoms with van der Waals surface area (Å²) in [6.45, 7) is 9.56. The van der Waals surface area contributed by atoms with E-state index in [4.69, 9.17) is 4.42 Å².